The van der Waals surface area contributed by atoms with Crippen LogP contribution in [0.2, 0.25) is 0 Å². The molecule has 2 N–H and O–H groups in total. The van der Waals surface area contributed by atoms with Crippen molar-refractivity contribution in [2.75, 3.05) is 19.7 Å². The van der Waals surface area contributed by atoms with Crippen molar-refractivity contribution < 1.29 is 5.11 Å². The number of aliphatic hydroxyl groups is 1. The van der Waals surface area contributed by atoms with Crippen LogP contribution in [0.3, 0.4) is 0 Å². The van der Waals surface area contributed by atoms with Crippen molar-refractivity contribution in [2.24, 2.45) is 11.8 Å². The molecule has 0 saturated carbocycles. The first kappa shape index (κ1) is 11.9. The molecule has 0 aromatic heterocycles. The van der Waals surface area contributed by atoms with Gasteiger partial charge in [-0.05, 0) is 37.8 Å². The molecule has 1 atom stereocenters. The summed E-state index contributed by atoms with van der Waals surface area (Å²) in [5.41, 5.74) is 0. The summed E-state index contributed by atoms with van der Waals surface area (Å²) < 4.78 is 0. The molecule has 0 aromatic carbocycles. The molecule has 0 aliphatic carbocycles. The van der Waals surface area contributed by atoms with Crippen LogP contribution in [0.15, 0.2) is 0 Å². The fraction of sp³-hybridized carbons (Fsp3) is 1.00. The topological polar surface area (TPSA) is 32.3 Å². The molecule has 2 heteroatoms. The molecule has 0 aliphatic heterocycles. The van der Waals surface area contributed by atoms with Crippen LogP contribution in [0, 0.1) is 11.8 Å². The van der Waals surface area contributed by atoms with E-state index in [2.05, 4.69) is 26.1 Å². The lowest BCUT2D eigenvalue weighted by molar-refractivity contribution is 0.228. The Morgan fingerprint density at radius 3 is 2.42 bits per heavy atom. The third kappa shape index (κ3) is 8.02. The van der Waals surface area contributed by atoms with Crippen molar-refractivity contribution in [3.8, 4) is 0 Å². The van der Waals surface area contributed by atoms with Crippen LogP contribution in [0.25, 0.3) is 0 Å². The molecule has 0 aliphatic rings. The Balaban J connectivity index is 3.00. The minimum absolute atomic E-state index is 0.324. The Kier molecular flexibility index (Phi) is 7.51. The maximum absolute atomic E-state index is 8.76. The third-order valence-electron chi connectivity index (χ3n) is 1.91. The monoisotopic (exact) mass is 173 g/mol. The predicted octanol–water partition coefficient (Wildman–Crippen LogP) is 1.64. The van der Waals surface area contributed by atoms with Gasteiger partial charge in [0.2, 0.25) is 0 Å². The zero-order valence-corrected chi connectivity index (χ0v) is 8.64. The quantitative estimate of drug-likeness (QED) is 0.574. The second-order valence-electron chi connectivity index (χ2n) is 4.03. The Bertz CT molecular complexity index is 93.8. The fourth-order valence-corrected chi connectivity index (χ4v) is 1.06. The molecule has 0 aromatic rings. The summed E-state index contributed by atoms with van der Waals surface area (Å²) in [6.07, 6.45) is 2.30. The van der Waals surface area contributed by atoms with Gasteiger partial charge in [-0.1, -0.05) is 20.8 Å². The summed E-state index contributed by atoms with van der Waals surface area (Å²) in [6.45, 7) is 9.02. The zero-order chi connectivity index (χ0) is 9.40. The van der Waals surface area contributed by atoms with Gasteiger partial charge in [0.1, 0.15) is 0 Å². The minimum Gasteiger partial charge on any atom is -0.396 e. The Hall–Kier alpha value is -0.0800. The summed E-state index contributed by atoms with van der Waals surface area (Å²) in [7, 11) is 0. The molecule has 0 fully saturated rings. The SMILES string of the molecule is CC(C)CNCCCC(C)CO. The van der Waals surface area contributed by atoms with Crippen LogP contribution >= 0.6 is 0 Å². The summed E-state index contributed by atoms with van der Waals surface area (Å²) in [6, 6.07) is 0. The molecule has 2 nitrogen and oxygen atoms in total. The minimum atomic E-state index is 0.324. The highest BCUT2D eigenvalue weighted by molar-refractivity contribution is 4.54. The second-order valence-corrected chi connectivity index (χ2v) is 4.03. The molecule has 0 rings (SSSR count). The summed E-state index contributed by atoms with van der Waals surface area (Å²) >= 11 is 0. The standard InChI is InChI=1S/C10H23NO/c1-9(2)7-11-6-4-5-10(3)8-12/h9-12H,4-8H2,1-3H3. The average molecular weight is 173 g/mol. The molecule has 0 heterocycles. The Morgan fingerprint density at radius 2 is 1.92 bits per heavy atom. The molecule has 12 heavy (non-hydrogen) atoms. The van der Waals surface area contributed by atoms with E-state index in [1.807, 2.05) is 0 Å². The number of hydrogen-bond acceptors (Lipinski definition) is 2. The third-order valence-corrected chi connectivity index (χ3v) is 1.91. The van der Waals surface area contributed by atoms with E-state index in [0.717, 1.165) is 25.4 Å². The largest absolute Gasteiger partial charge is 0.396 e. The highest BCUT2D eigenvalue weighted by atomic mass is 16.3. The first-order chi connectivity index (χ1) is 5.66. The smallest absolute Gasteiger partial charge is 0.0456 e. The van der Waals surface area contributed by atoms with Crippen molar-refractivity contribution >= 4 is 0 Å². The molecule has 74 valence electrons. The van der Waals surface area contributed by atoms with Gasteiger partial charge < -0.3 is 10.4 Å². The number of aliphatic hydroxyl groups excluding tert-OH is 1. The molecule has 0 spiro atoms. The molecular formula is C10H23NO. The van der Waals surface area contributed by atoms with Crippen LogP contribution in [0.4, 0.5) is 0 Å². The van der Waals surface area contributed by atoms with Gasteiger partial charge in [-0.3, -0.25) is 0 Å². The van der Waals surface area contributed by atoms with Gasteiger partial charge in [0.25, 0.3) is 0 Å². The van der Waals surface area contributed by atoms with E-state index in [4.69, 9.17) is 5.11 Å². The van der Waals surface area contributed by atoms with E-state index in [9.17, 15) is 0 Å². The zero-order valence-electron chi connectivity index (χ0n) is 8.64. The highest BCUT2D eigenvalue weighted by Gasteiger charge is 1.98. The summed E-state index contributed by atoms with van der Waals surface area (Å²) in [4.78, 5) is 0. The Labute approximate surface area is 76.4 Å². The Morgan fingerprint density at radius 1 is 1.25 bits per heavy atom. The van der Waals surface area contributed by atoms with Gasteiger partial charge in [-0.2, -0.15) is 0 Å². The molecule has 0 amide bonds. The van der Waals surface area contributed by atoms with Crippen LogP contribution in [-0.4, -0.2) is 24.8 Å². The van der Waals surface area contributed by atoms with Crippen LogP contribution in [-0.2, 0) is 0 Å². The first-order valence-electron chi connectivity index (χ1n) is 4.98. The second kappa shape index (κ2) is 7.56. The van der Waals surface area contributed by atoms with Crippen molar-refractivity contribution in [3.05, 3.63) is 0 Å². The maximum Gasteiger partial charge on any atom is 0.0456 e. The van der Waals surface area contributed by atoms with E-state index in [-0.39, 0.29) is 0 Å². The molecular weight excluding hydrogens is 150 g/mol. The van der Waals surface area contributed by atoms with Crippen molar-refractivity contribution in [3.63, 3.8) is 0 Å². The van der Waals surface area contributed by atoms with E-state index in [1.165, 1.54) is 6.42 Å². The molecule has 0 bridgehead atoms. The van der Waals surface area contributed by atoms with Crippen LogP contribution in [0.5, 0.6) is 0 Å². The number of rotatable bonds is 7. The normalized spacial score (nSPS) is 13.8. The maximum atomic E-state index is 8.76. The van der Waals surface area contributed by atoms with Gasteiger partial charge in [0, 0.05) is 6.61 Å². The van der Waals surface area contributed by atoms with E-state index in [1.54, 1.807) is 0 Å². The van der Waals surface area contributed by atoms with Gasteiger partial charge in [-0.25, -0.2) is 0 Å². The molecule has 1 unspecified atom stereocenters. The van der Waals surface area contributed by atoms with Gasteiger partial charge in [-0.15, -0.1) is 0 Å². The molecule has 0 radical (unpaired) electrons. The van der Waals surface area contributed by atoms with Gasteiger partial charge in [0.15, 0.2) is 0 Å². The fourth-order valence-electron chi connectivity index (χ4n) is 1.06. The van der Waals surface area contributed by atoms with E-state index in [0.29, 0.717) is 12.5 Å². The number of hydrogen-bond donors (Lipinski definition) is 2. The van der Waals surface area contributed by atoms with E-state index < -0.39 is 0 Å². The summed E-state index contributed by atoms with van der Waals surface area (Å²) in [5, 5.41) is 12.1. The van der Waals surface area contributed by atoms with E-state index >= 15 is 0 Å². The van der Waals surface area contributed by atoms with Gasteiger partial charge >= 0.3 is 0 Å². The predicted molar refractivity (Wildman–Crippen MR) is 53.2 cm³/mol. The molecule has 0 saturated heterocycles. The highest BCUT2D eigenvalue weighted by Crippen LogP contribution is 2.02. The van der Waals surface area contributed by atoms with Crippen molar-refractivity contribution in [1.29, 1.82) is 0 Å². The summed E-state index contributed by atoms with van der Waals surface area (Å²) in [5.74, 6) is 1.20. The van der Waals surface area contributed by atoms with Crippen molar-refractivity contribution in [1.82, 2.24) is 5.32 Å². The lowest BCUT2D eigenvalue weighted by atomic mass is 10.1. The van der Waals surface area contributed by atoms with Crippen LogP contribution < -0.4 is 5.32 Å². The number of nitrogens with one attached hydrogen (secondary N) is 1. The van der Waals surface area contributed by atoms with Crippen molar-refractivity contribution in [2.45, 2.75) is 33.6 Å². The lowest BCUT2D eigenvalue weighted by Crippen LogP contribution is -2.21. The lowest BCUT2D eigenvalue weighted by Gasteiger charge is -2.09. The van der Waals surface area contributed by atoms with Crippen LogP contribution in [0.1, 0.15) is 33.6 Å². The van der Waals surface area contributed by atoms with Gasteiger partial charge in [0.05, 0.1) is 0 Å². The average Bonchev–Trinajstić information content (AvgIpc) is 2.03. The first-order valence-corrected chi connectivity index (χ1v) is 4.98.